The van der Waals surface area contributed by atoms with Gasteiger partial charge >= 0.3 is 0 Å². The maximum absolute atomic E-state index is 11.3. The van der Waals surface area contributed by atoms with Gasteiger partial charge < -0.3 is 10.4 Å². The van der Waals surface area contributed by atoms with Gasteiger partial charge in [-0.25, -0.2) is 5.48 Å². The minimum Gasteiger partial charge on any atom is -0.508 e. The number of amides is 1. The zero-order valence-electron chi connectivity index (χ0n) is 14.2. The second-order valence-corrected chi connectivity index (χ2v) is 6.01. The van der Waals surface area contributed by atoms with Crippen molar-refractivity contribution in [1.29, 1.82) is 0 Å². The summed E-state index contributed by atoms with van der Waals surface area (Å²) in [6, 6.07) is 13.9. The van der Waals surface area contributed by atoms with Gasteiger partial charge in [0.25, 0.3) is 5.91 Å². The highest BCUT2D eigenvalue weighted by atomic mass is 16.5. The van der Waals surface area contributed by atoms with Gasteiger partial charge in [0.05, 0.1) is 17.4 Å². The molecule has 1 amide bonds. The maximum Gasteiger partial charge on any atom is 0.274 e. The topological polar surface area (TPSA) is 94.5 Å². The van der Waals surface area contributed by atoms with E-state index in [0.29, 0.717) is 12.1 Å². The van der Waals surface area contributed by atoms with E-state index in [9.17, 15) is 9.90 Å². The summed E-state index contributed by atoms with van der Waals surface area (Å²) in [5.74, 6) is -0.320. The molecule has 0 saturated carbocycles. The van der Waals surface area contributed by atoms with E-state index in [4.69, 9.17) is 5.21 Å². The molecule has 0 aliphatic rings. The molecule has 0 unspecified atom stereocenters. The van der Waals surface area contributed by atoms with E-state index < -0.39 is 5.91 Å². The molecule has 1 heterocycles. The molecule has 6 nitrogen and oxygen atoms in total. The SMILES string of the molecule is CC(=Cc1ccc(C(=O)NO)cc1)CNc1cnc2ccc(O)cc2c1. The number of pyridine rings is 1. The molecule has 0 spiro atoms. The van der Waals surface area contributed by atoms with Crippen LogP contribution in [0.3, 0.4) is 0 Å². The summed E-state index contributed by atoms with van der Waals surface area (Å²) in [4.78, 5) is 15.7. The fourth-order valence-electron chi connectivity index (χ4n) is 2.59. The van der Waals surface area contributed by atoms with Crippen molar-refractivity contribution in [2.24, 2.45) is 0 Å². The van der Waals surface area contributed by atoms with Crippen LogP contribution in [0, 0.1) is 0 Å². The van der Waals surface area contributed by atoms with E-state index in [0.717, 1.165) is 27.7 Å². The van der Waals surface area contributed by atoms with Crippen molar-refractivity contribution in [1.82, 2.24) is 10.5 Å². The van der Waals surface area contributed by atoms with Crippen molar-refractivity contribution in [3.8, 4) is 5.75 Å². The van der Waals surface area contributed by atoms with Gasteiger partial charge in [0.15, 0.2) is 0 Å². The van der Waals surface area contributed by atoms with Gasteiger partial charge in [-0.2, -0.15) is 0 Å². The van der Waals surface area contributed by atoms with Crippen LogP contribution in [0.2, 0.25) is 0 Å². The zero-order chi connectivity index (χ0) is 18.5. The highest BCUT2D eigenvalue weighted by Gasteiger charge is 2.03. The third-order valence-electron chi connectivity index (χ3n) is 3.92. The first kappa shape index (κ1) is 17.4. The Hall–Kier alpha value is -3.38. The molecule has 0 saturated heterocycles. The number of benzene rings is 2. The average Bonchev–Trinajstić information content (AvgIpc) is 2.66. The molecule has 0 aliphatic carbocycles. The van der Waals surface area contributed by atoms with Gasteiger partial charge in [0.2, 0.25) is 0 Å². The molecule has 0 radical (unpaired) electrons. The number of rotatable bonds is 5. The number of carbonyl (C=O) groups is 1. The monoisotopic (exact) mass is 349 g/mol. The Morgan fingerprint density at radius 3 is 2.65 bits per heavy atom. The molecule has 3 rings (SSSR count). The average molecular weight is 349 g/mol. The minimum atomic E-state index is -0.534. The van der Waals surface area contributed by atoms with Crippen LogP contribution in [-0.4, -0.2) is 27.7 Å². The van der Waals surface area contributed by atoms with Gasteiger partial charge in [0.1, 0.15) is 5.75 Å². The predicted octanol–water partition coefficient (Wildman–Crippen LogP) is 3.57. The number of hydroxylamine groups is 1. The van der Waals surface area contributed by atoms with E-state index in [1.165, 1.54) is 0 Å². The summed E-state index contributed by atoms with van der Waals surface area (Å²) in [5, 5.41) is 22.4. The Morgan fingerprint density at radius 1 is 1.15 bits per heavy atom. The lowest BCUT2D eigenvalue weighted by atomic mass is 10.1. The Kier molecular flexibility index (Phi) is 5.15. The molecule has 26 heavy (non-hydrogen) atoms. The van der Waals surface area contributed by atoms with E-state index in [2.05, 4.69) is 10.3 Å². The van der Waals surface area contributed by atoms with Crippen LogP contribution in [0.5, 0.6) is 5.75 Å². The van der Waals surface area contributed by atoms with Crippen molar-refractivity contribution < 1.29 is 15.1 Å². The van der Waals surface area contributed by atoms with Crippen LogP contribution in [0.25, 0.3) is 17.0 Å². The van der Waals surface area contributed by atoms with Crippen LogP contribution in [0.4, 0.5) is 5.69 Å². The summed E-state index contributed by atoms with van der Waals surface area (Å²) < 4.78 is 0. The molecule has 3 aromatic rings. The molecule has 2 aromatic carbocycles. The third kappa shape index (κ3) is 4.17. The fourth-order valence-corrected chi connectivity index (χ4v) is 2.59. The Morgan fingerprint density at radius 2 is 1.92 bits per heavy atom. The van der Waals surface area contributed by atoms with Crippen molar-refractivity contribution in [2.75, 3.05) is 11.9 Å². The zero-order valence-corrected chi connectivity index (χ0v) is 14.2. The lowest BCUT2D eigenvalue weighted by Crippen LogP contribution is -2.18. The normalized spacial score (nSPS) is 11.4. The molecule has 0 aliphatic heterocycles. The summed E-state index contributed by atoms with van der Waals surface area (Å²) >= 11 is 0. The molecular weight excluding hydrogens is 330 g/mol. The van der Waals surface area contributed by atoms with Gasteiger partial charge in [-0.3, -0.25) is 15.0 Å². The van der Waals surface area contributed by atoms with Gasteiger partial charge in [-0.05, 0) is 48.9 Å². The number of aromatic nitrogens is 1. The number of hydrogen-bond acceptors (Lipinski definition) is 5. The fraction of sp³-hybridized carbons (Fsp3) is 0.100. The first-order valence-electron chi connectivity index (χ1n) is 8.09. The first-order valence-corrected chi connectivity index (χ1v) is 8.09. The third-order valence-corrected chi connectivity index (χ3v) is 3.92. The summed E-state index contributed by atoms with van der Waals surface area (Å²) in [7, 11) is 0. The predicted molar refractivity (Wildman–Crippen MR) is 101 cm³/mol. The number of phenolic OH excluding ortho intramolecular Hbond substituents is 1. The van der Waals surface area contributed by atoms with Crippen LogP contribution in [-0.2, 0) is 0 Å². The van der Waals surface area contributed by atoms with Crippen molar-refractivity contribution >= 4 is 28.6 Å². The lowest BCUT2D eigenvalue weighted by Gasteiger charge is -2.08. The number of nitrogens with one attached hydrogen (secondary N) is 2. The molecular formula is C20H19N3O3. The van der Waals surface area contributed by atoms with E-state index in [-0.39, 0.29) is 5.75 Å². The Labute approximate surface area is 150 Å². The van der Waals surface area contributed by atoms with Crippen molar-refractivity contribution in [3.05, 3.63) is 71.4 Å². The standard InChI is InChI=1S/C20H19N3O3/c1-13(8-14-2-4-15(5-3-14)20(25)23-26)11-21-17-9-16-10-18(24)6-7-19(16)22-12-17/h2-10,12,21,24,26H,11H2,1H3,(H,23,25). The number of aromatic hydroxyl groups is 1. The highest BCUT2D eigenvalue weighted by Crippen LogP contribution is 2.21. The number of fused-ring (bicyclic) bond motifs is 1. The van der Waals surface area contributed by atoms with Crippen molar-refractivity contribution in [2.45, 2.75) is 6.92 Å². The van der Waals surface area contributed by atoms with Gasteiger partial charge in [-0.15, -0.1) is 0 Å². The van der Waals surface area contributed by atoms with Crippen LogP contribution < -0.4 is 10.8 Å². The summed E-state index contributed by atoms with van der Waals surface area (Å²) in [6.45, 7) is 2.63. The van der Waals surface area contributed by atoms with Gasteiger partial charge in [0, 0.05) is 17.5 Å². The number of carbonyl (C=O) groups excluding carboxylic acids is 1. The van der Waals surface area contributed by atoms with Crippen LogP contribution >= 0.6 is 0 Å². The van der Waals surface area contributed by atoms with Crippen LogP contribution in [0.15, 0.2) is 60.3 Å². The summed E-state index contributed by atoms with van der Waals surface area (Å²) in [6.07, 6.45) is 3.77. The number of nitrogens with zero attached hydrogens (tertiary/aromatic N) is 1. The lowest BCUT2D eigenvalue weighted by molar-refractivity contribution is 0.0706. The van der Waals surface area contributed by atoms with Gasteiger partial charge in [-0.1, -0.05) is 23.8 Å². The minimum absolute atomic E-state index is 0.214. The maximum atomic E-state index is 11.3. The highest BCUT2D eigenvalue weighted by molar-refractivity contribution is 5.93. The Bertz CT molecular complexity index is 966. The second-order valence-electron chi connectivity index (χ2n) is 6.01. The number of anilines is 1. The molecule has 0 atom stereocenters. The molecule has 6 heteroatoms. The smallest absolute Gasteiger partial charge is 0.274 e. The quantitative estimate of drug-likeness (QED) is 0.417. The second kappa shape index (κ2) is 7.67. The molecule has 0 bridgehead atoms. The number of phenols is 1. The first-order chi connectivity index (χ1) is 12.5. The Balaban J connectivity index is 1.67. The van der Waals surface area contributed by atoms with E-state index in [1.54, 1.807) is 42.0 Å². The molecule has 4 N–H and O–H groups in total. The molecule has 132 valence electrons. The summed E-state index contributed by atoms with van der Waals surface area (Å²) in [5.41, 5.74) is 5.75. The van der Waals surface area contributed by atoms with Crippen molar-refractivity contribution in [3.63, 3.8) is 0 Å². The van der Waals surface area contributed by atoms with E-state index >= 15 is 0 Å². The molecule has 1 aromatic heterocycles. The van der Waals surface area contributed by atoms with E-state index in [1.807, 2.05) is 31.2 Å². The largest absolute Gasteiger partial charge is 0.508 e. The van der Waals surface area contributed by atoms with Crippen LogP contribution in [0.1, 0.15) is 22.8 Å². The molecule has 0 fully saturated rings. The number of hydrogen-bond donors (Lipinski definition) is 4.